The van der Waals surface area contributed by atoms with Gasteiger partial charge in [-0.1, -0.05) is 23.8 Å². The maximum atomic E-state index is 12.7. The van der Waals surface area contributed by atoms with Crippen molar-refractivity contribution in [1.82, 2.24) is 4.31 Å². The van der Waals surface area contributed by atoms with Gasteiger partial charge in [-0.15, -0.1) is 0 Å². The molecule has 0 aliphatic heterocycles. The molecule has 1 rings (SSSR count). The van der Waals surface area contributed by atoms with Crippen LogP contribution >= 0.6 is 0 Å². The molecule has 6 nitrogen and oxygen atoms in total. The summed E-state index contributed by atoms with van der Waals surface area (Å²) in [6.07, 6.45) is 3.29. The Hall–Kier alpha value is -1.99. The summed E-state index contributed by atoms with van der Waals surface area (Å²) < 4.78 is 31.2. The van der Waals surface area contributed by atoms with Gasteiger partial charge < -0.3 is 4.74 Å². The highest BCUT2D eigenvalue weighted by molar-refractivity contribution is 7.89. The van der Waals surface area contributed by atoms with Crippen LogP contribution in [0.1, 0.15) is 25.3 Å². The van der Waals surface area contributed by atoms with E-state index in [0.717, 1.165) is 5.56 Å². The second-order valence-corrected chi connectivity index (χ2v) is 7.32. The Balaban J connectivity index is 2.90. The predicted octanol–water partition coefficient (Wildman–Crippen LogP) is 2.08. The zero-order valence-corrected chi connectivity index (χ0v) is 15.0. The molecule has 0 spiro atoms. The van der Waals surface area contributed by atoms with Crippen molar-refractivity contribution >= 4 is 21.8 Å². The molecule has 0 aliphatic rings. The zero-order valence-electron chi connectivity index (χ0n) is 14.2. The molecule has 24 heavy (non-hydrogen) atoms. The fraction of sp³-hybridized carbons (Fsp3) is 0.412. The zero-order chi connectivity index (χ0) is 18.2. The highest BCUT2D eigenvalue weighted by Crippen LogP contribution is 2.17. The van der Waals surface area contributed by atoms with Crippen LogP contribution in [0.25, 0.3) is 0 Å². The summed E-state index contributed by atoms with van der Waals surface area (Å²) in [7, 11) is -2.42. The topological polar surface area (TPSA) is 80.8 Å². The first-order chi connectivity index (χ1) is 11.3. The largest absolute Gasteiger partial charge is 0.466 e. The first kappa shape index (κ1) is 20.1. The number of rotatable bonds is 9. The van der Waals surface area contributed by atoms with E-state index in [-0.39, 0.29) is 30.2 Å². The molecule has 132 valence electrons. The number of methoxy groups -OCH3 is 1. The number of ether oxygens (including phenoxy) is 1. The van der Waals surface area contributed by atoms with Crippen LogP contribution in [-0.4, -0.2) is 44.7 Å². The number of carbonyl (C=O) groups is 2. The van der Waals surface area contributed by atoms with Crippen LogP contribution in [-0.2, 0) is 24.3 Å². The summed E-state index contributed by atoms with van der Waals surface area (Å²) in [5.41, 5.74) is 0.963. The van der Waals surface area contributed by atoms with Crippen LogP contribution in [0.15, 0.2) is 41.3 Å². The number of sulfonamides is 1. The van der Waals surface area contributed by atoms with E-state index in [0.29, 0.717) is 6.42 Å². The molecule has 0 aromatic heterocycles. The van der Waals surface area contributed by atoms with Crippen LogP contribution < -0.4 is 0 Å². The normalized spacial score (nSPS) is 11.8. The first-order valence-electron chi connectivity index (χ1n) is 7.58. The average Bonchev–Trinajstić information content (AvgIpc) is 2.53. The van der Waals surface area contributed by atoms with Crippen molar-refractivity contribution in [2.24, 2.45) is 0 Å². The Labute approximate surface area is 143 Å². The van der Waals surface area contributed by atoms with Crippen molar-refractivity contribution in [2.45, 2.75) is 31.6 Å². The molecule has 0 bridgehead atoms. The summed E-state index contributed by atoms with van der Waals surface area (Å²) >= 11 is 0. The van der Waals surface area contributed by atoms with Crippen molar-refractivity contribution in [3.8, 4) is 0 Å². The molecule has 1 aromatic carbocycles. The second-order valence-electron chi connectivity index (χ2n) is 5.38. The fourth-order valence-electron chi connectivity index (χ4n) is 1.96. The smallest absolute Gasteiger partial charge is 0.330 e. The molecule has 0 N–H and O–H groups in total. The third kappa shape index (κ3) is 6.25. The molecular weight excluding hydrogens is 330 g/mol. The van der Waals surface area contributed by atoms with E-state index in [9.17, 15) is 18.0 Å². The van der Waals surface area contributed by atoms with Crippen LogP contribution in [0.2, 0.25) is 0 Å². The molecular formula is C17H23NO5S. The van der Waals surface area contributed by atoms with E-state index < -0.39 is 16.0 Å². The van der Waals surface area contributed by atoms with E-state index in [1.807, 2.05) is 6.92 Å². The molecule has 7 heteroatoms. The molecule has 0 unspecified atom stereocenters. The highest BCUT2D eigenvalue weighted by Gasteiger charge is 2.23. The van der Waals surface area contributed by atoms with Crippen LogP contribution in [0, 0.1) is 6.92 Å². The van der Waals surface area contributed by atoms with Gasteiger partial charge in [-0.2, -0.15) is 4.31 Å². The summed E-state index contributed by atoms with van der Waals surface area (Å²) in [6.45, 7) is 3.59. The molecule has 0 fully saturated rings. The minimum Gasteiger partial charge on any atom is -0.466 e. The minimum absolute atomic E-state index is 0.0794. The van der Waals surface area contributed by atoms with Crippen molar-refractivity contribution in [2.75, 3.05) is 20.2 Å². The standard InChI is InChI=1S/C17H23NO5S/c1-14-7-9-16(10-8-14)24(21,22)18(13-11-15(2)19)12-5-4-6-17(20)23-3/h4,6-10H,5,11-13H2,1-3H3. The van der Waals surface area contributed by atoms with Gasteiger partial charge in [-0.05, 0) is 32.4 Å². The van der Waals surface area contributed by atoms with Crippen LogP contribution in [0.3, 0.4) is 0 Å². The Morgan fingerprint density at radius 1 is 1.17 bits per heavy atom. The second kappa shape index (κ2) is 9.34. The molecule has 0 saturated heterocycles. The number of hydrogen-bond acceptors (Lipinski definition) is 5. The molecule has 0 aliphatic carbocycles. The van der Waals surface area contributed by atoms with Gasteiger partial charge in [-0.3, -0.25) is 4.79 Å². The molecule has 0 radical (unpaired) electrons. The highest BCUT2D eigenvalue weighted by atomic mass is 32.2. The number of Topliss-reactive ketones (excluding diaryl/α,β-unsaturated/α-hetero) is 1. The Bertz CT molecular complexity index is 692. The van der Waals surface area contributed by atoms with Crippen molar-refractivity contribution in [3.05, 3.63) is 42.0 Å². The Morgan fingerprint density at radius 2 is 1.79 bits per heavy atom. The van der Waals surface area contributed by atoms with Crippen LogP contribution in [0.4, 0.5) is 0 Å². The number of benzene rings is 1. The quantitative estimate of drug-likeness (QED) is 0.501. The lowest BCUT2D eigenvalue weighted by Gasteiger charge is -2.21. The Kier molecular flexibility index (Phi) is 7.81. The van der Waals surface area contributed by atoms with Crippen molar-refractivity contribution < 1.29 is 22.7 Å². The third-order valence-electron chi connectivity index (χ3n) is 3.37. The van der Waals surface area contributed by atoms with E-state index >= 15 is 0 Å². The lowest BCUT2D eigenvalue weighted by atomic mass is 10.2. The number of ketones is 1. The average molecular weight is 353 g/mol. The van der Waals surface area contributed by atoms with Gasteiger partial charge in [0.2, 0.25) is 10.0 Å². The summed E-state index contributed by atoms with van der Waals surface area (Å²) in [5, 5.41) is 0. The maximum absolute atomic E-state index is 12.7. The lowest BCUT2D eigenvalue weighted by Crippen LogP contribution is -2.33. The van der Waals surface area contributed by atoms with Gasteiger partial charge in [0.1, 0.15) is 5.78 Å². The number of esters is 1. The molecule has 0 saturated carbocycles. The van der Waals surface area contributed by atoms with E-state index in [1.54, 1.807) is 30.3 Å². The van der Waals surface area contributed by atoms with Gasteiger partial charge in [-0.25, -0.2) is 13.2 Å². The van der Waals surface area contributed by atoms with Gasteiger partial charge in [0.05, 0.1) is 12.0 Å². The van der Waals surface area contributed by atoms with Crippen molar-refractivity contribution in [3.63, 3.8) is 0 Å². The SMILES string of the molecule is COC(=O)C=CCCN(CCC(C)=O)S(=O)(=O)c1ccc(C)cc1. The van der Waals surface area contributed by atoms with E-state index in [2.05, 4.69) is 4.74 Å². The van der Waals surface area contributed by atoms with Gasteiger partial charge in [0.25, 0.3) is 0 Å². The van der Waals surface area contributed by atoms with Gasteiger partial charge >= 0.3 is 5.97 Å². The van der Waals surface area contributed by atoms with Crippen LogP contribution in [0.5, 0.6) is 0 Å². The third-order valence-corrected chi connectivity index (χ3v) is 5.29. The fourth-order valence-corrected chi connectivity index (χ4v) is 3.42. The van der Waals surface area contributed by atoms with Gasteiger partial charge in [0, 0.05) is 25.6 Å². The first-order valence-corrected chi connectivity index (χ1v) is 9.02. The van der Waals surface area contributed by atoms with E-state index in [1.165, 1.54) is 24.4 Å². The van der Waals surface area contributed by atoms with Crippen molar-refractivity contribution in [1.29, 1.82) is 0 Å². The molecule has 1 aromatic rings. The van der Waals surface area contributed by atoms with Gasteiger partial charge in [0.15, 0.2) is 0 Å². The molecule has 0 amide bonds. The number of nitrogens with zero attached hydrogens (tertiary/aromatic N) is 1. The van der Waals surface area contributed by atoms with E-state index in [4.69, 9.17) is 0 Å². The predicted molar refractivity (Wildman–Crippen MR) is 91.0 cm³/mol. The summed E-state index contributed by atoms with van der Waals surface area (Å²) in [4.78, 5) is 22.4. The number of carbonyl (C=O) groups excluding carboxylic acids is 2. The Morgan fingerprint density at radius 3 is 2.33 bits per heavy atom. The monoisotopic (exact) mass is 353 g/mol. The molecule has 0 heterocycles. The maximum Gasteiger partial charge on any atom is 0.330 e. The minimum atomic E-state index is -3.69. The number of aryl methyl sites for hydroxylation is 1. The molecule has 0 atom stereocenters. The number of hydrogen-bond donors (Lipinski definition) is 0. The summed E-state index contributed by atoms with van der Waals surface area (Å²) in [6, 6.07) is 6.56. The summed E-state index contributed by atoms with van der Waals surface area (Å²) in [5.74, 6) is -0.573. The lowest BCUT2D eigenvalue weighted by molar-refractivity contribution is -0.134.